The molecule has 1 aliphatic rings. The highest BCUT2D eigenvalue weighted by molar-refractivity contribution is 5.70. The molecule has 0 aliphatic carbocycles. The van der Waals surface area contributed by atoms with Gasteiger partial charge in [-0.05, 0) is 57.4 Å². The Morgan fingerprint density at radius 3 is 2.36 bits per heavy atom. The summed E-state index contributed by atoms with van der Waals surface area (Å²) in [6.45, 7) is 9.63. The summed E-state index contributed by atoms with van der Waals surface area (Å²) in [5.41, 5.74) is 0.997. The van der Waals surface area contributed by atoms with Gasteiger partial charge < -0.3 is 25.2 Å². The lowest BCUT2D eigenvalue weighted by Gasteiger charge is -2.20. The Labute approximate surface area is 235 Å². The first-order valence-corrected chi connectivity index (χ1v) is 14.1. The average Bonchev–Trinajstić information content (AvgIpc) is 2.85. The van der Waals surface area contributed by atoms with Gasteiger partial charge in [-0.2, -0.15) is 0 Å². The Morgan fingerprint density at radius 1 is 0.974 bits per heavy atom. The van der Waals surface area contributed by atoms with E-state index in [2.05, 4.69) is 6.58 Å². The summed E-state index contributed by atoms with van der Waals surface area (Å²) < 4.78 is 5.73. The van der Waals surface area contributed by atoms with E-state index in [4.69, 9.17) is 4.74 Å². The Morgan fingerprint density at radius 2 is 1.67 bits per heavy atom. The first-order chi connectivity index (χ1) is 18.6. The van der Waals surface area contributed by atoms with E-state index in [0.29, 0.717) is 32.1 Å². The first kappa shape index (κ1) is 34.5. The fraction of sp³-hybridized carbons (Fsp3) is 0.545. The highest BCUT2D eigenvalue weighted by Crippen LogP contribution is 2.18. The third kappa shape index (κ3) is 17.6. The number of cyclic esters (lactones) is 1. The number of aliphatic hydroxyl groups excluding tert-OH is 4. The molecule has 0 aromatic rings. The van der Waals surface area contributed by atoms with Crippen LogP contribution in [-0.2, 0) is 9.53 Å². The predicted molar refractivity (Wildman–Crippen MR) is 159 cm³/mol. The van der Waals surface area contributed by atoms with Crippen LogP contribution in [0.5, 0.6) is 0 Å². The number of ether oxygens (including phenoxy) is 1. The summed E-state index contributed by atoms with van der Waals surface area (Å²) in [6.07, 6.45) is 22.4. The van der Waals surface area contributed by atoms with Crippen molar-refractivity contribution in [2.75, 3.05) is 0 Å². The Hall–Kier alpha value is -2.51. The number of rotatable bonds is 5. The van der Waals surface area contributed by atoms with Crippen LogP contribution in [0.15, 0.2) is 85.1 Å². The number of hydrogen-bond acceptors (Lipinski definition) is 6. The van der Waals surface area contributed by atoms with E-state index in [1.165, 1.54) is 6.08 Å². The normalized spacial score (nSPS) is 34.1. The van der Waals surface area contributed by atoms with Crippen molar-refractivity contribution in [3.63, 3.8) is 0 Å². The summed E-state index contributed by atoms with van der Waals surface area (Å²) in [4.78, 5) is 12.7. The SMILES string of the molecule is C=CC\C=C/C=C(C)/C=C/[C@@H]1OC(=O)C[C@H](O)C[C@H](O)/C=C\C[C@H](O)C[C@H](C)C[C@@H](O)C/C=C\C/C=C\[C@@H]1C. The minimum atomic E-state index is -1.06. The van der Waals surface area contributed by atoms with Crippen molar-refractivity contribution in [1.82, 2.24) is 0 Å². The van der Waals surface area contributed by atoms with Crippen LogP contribution in [0.2, 0.25) is 0 Å². The third-order valence-corrected chi connectivity index (χ3v) is 6.45. The van der Waals surface area contributed by atoms with Crippen molar-refractivity contribution < 1.29 is 30.0 Å². The molecule has 0 aromatic heterocycles. The van der Waals surface area contributed by atoms with Crippen LogP contribution < -0.4 is 0 Å². The van der Waals surface area contributed by atoms with Gasteiger partial charge in [-0.15, -0.1) is 6.58 Å². The van der Waals surface area contributed by atoms with E-state index < -0.39 is 36.5 Å². The van der Waals surface area contributed by atoms with Gasteiger partial charge in [0.05, 0.1) is 30.8 Å². The second kappa shape index (κ2) is 20.4. The number of hydrogen-bond donors (Lipinski definition) is 4. The van der Waals surface area contributed by atoms with Gasteiger partial charge in [0.15, 0.2) is 0 Å². The van der Waals surface area contributed by atoms with Gasteiger partial charge in [0.1, 0.15) is 6.10 Å². The van der Waals surface area contributed by atoms with Crippen LogP contribution in [0, 0.1) is 11.8 Å². The molecule has 39 heavy (non-hydrogen) atoms. The first-order valence-electron chi connectivity index (χ1n) is 14.1. The molecule has 1 heterocycles. The fourth-order valence-corrected chi connectivity index (χ4v) is 4.29. The Balaban J connectivity index is 3.02. The summed E-state index contributed by atoms with van der Waals surface area (Å²) >= 11 is 0. The summed E-state index contributed by atoms with van der Waals surface area (Å²) in [5, 5.41) is 41.2. The quantitative estimate of drug-likeness (QED) is 0.203. The van der Waals surface area contributed by atoms with E-state index in [0.717, 1.165) is 12.0 Å². The molecule has 0 amide bonds. The van der Waals surface area contributed by atoms with Gasteiger partial charge in [0, 0.05) is 12.3 Å². The van der Waals surface area contributed by atoms with E-state index in [1.807, 2.05) is 81.5 Å². The Kier molecular flexibility index (Phi) is 18.1. The molecule has 1 aliphatic heterocycles. The number of carbonyl (C=O) groups excluding carboxylic acids is 1. The van der Waals surface area contributed by atoms with Crippen molar-refractivity contribution in [1.29, 1.82) is 0 Å². The van der Waals surface area contributed by atoms with Crippen molar-refractivity contribution in [3.05, 3.63) is 85.1 Å². The van der Waals surface area contributed by atoms with Crippen molar-refractivity contribution in [3.8, 4) is 0 Å². The fourth-order valence-electron chi connectivity index (χ4n) is 4.29. The maximum Gasteiger partial charge on any atom is 0.309 e. The molecule has 6 heteroatoms. The molecule has 4 N–H and O–H groups in total. The smallest absolute Gasteiger partial charge is 0.309 e. The van der Waals surface area contributed by atoms with Crippen LogP contribution in [0.3, 0.4) is 0 Å². The highest BCUT2D eigenvalue weighted by Gasteiger charge is 2.21. The van der Waals surface area contributed by atoms with Gasteiger partial charge >= 0.3 is 5.97 Å². The summed E-state index contributed by atoms with van der Waals surface area (Å²) in [6, 6.07) is 0. The van der Waals surface area contributed by atoms with Crippen LogP contribution in [0.4, 0.5) is 0 Å². The molecule has 0 aromatic carbocycles. The van der Waals surface area contributed by atoms with Crippen LogP contribution >= 0.6 is 0 Å². The standard InChI is InChI=1S/C33H50O6/c1-5-6-7-10-14-25(2)19-20-32-27(4)15-11-8-9-12-16-28(34)21-26(3)22-29(35)17-13-18-30(36)23-31(37)24-33(38)39-32/h5,7,9-15,18-20,26-32,34-37H,1,6,8,16-17,21-24H2,2-4H3/b10-7-,12-9-,15-11-,18-13-,20-19+,25-14+/t26-,27+,28+,29+,30-,31-,32+/m1/s1. The van der Waals surface area contributed by atoms with Gasteiger partial charge in [0.25, 0.3) is 0 Å². The molecule has 0 saturated heterocycles. The molecular weight excluding hydrogens is 492 g/mol. The maximum atomic E-state index is 12.7. The molecule has 0 saturated carbocycles. The van der Waals surface area contributed by atoms with Crippen molar-refractivity contribution in [2.24, 2.45) is 11.8 Å². The minimum Gasteiger partial charge on any atom is -0.457 e. The van der Waals surface area contributed by atoms with Gasteiger partial charge in [-0.1, -0.05) is 86.3 Å². The highest BCUT2D eigenvalue weighted by atomic mass is 16.5. The molecule has 1 rings (SSSR count). The molecular formula is C33H50O6. The summed E-state index contributed by atoms with van der Waals surface area (Å²) in [5.74, 6) is -0.495. The zero-order valence-corrected chi connectivity index (χ0v) is 23.9. The van der Waals surface area contributed by atoms with Crippen LogP contribution in [-0.4, -0.2) is 56.9 Å². The lowest BCUT2D eigenvalue weighted by molar-refractivity contribution is -0.150. The molecule has 218 valence electrons. The van der Waals surface area contributed by atoms with Crippen LogP contribution in [0.25, 0.3) is 0 Å². The second-order valence-electron chi connectivity index (χ2n) is 10.6. The second-order valence-corrected chi connectivity index (χ2v) is 10.6. The van der Waals surface area contributed by atoms with Crippen molar-refractivity contribution >= 4 is 5.97 Å². The molecule has 6 nitrogen and oxygen atoms in total. The van der Waals surface area contributed by atoms with E-state index in [9.17, 15) is 25.2 Å². The van der Waals surface area contributed by atoms with Gasteiger partial charge in [-0.3, -0.25) is 4.79 Å². The largest absolute Gasteiger partial charge is 0.457 e. The van der Waals surface area contributed by atoms with Gasteiger partial charge in [-0.25, -0.2) is 0 Å². The third-order valence-electron chi connectivity index (χ3n) is 6.45. The molecule has 0 radical (unpaired) electrons. The number of allylic oxidation sites excluding steroid dienone is 8. The number of aliphatic hydroxyl groups is 4. The Bertz CT molecular complexity index is 881. The van der Waals surface area contributed by atoms with Crippen LogP contribution in [0.1, 0.15) is 72.1 Å². The lowest BCUT2D eigenvalue weighted by atomic mass is 9.94. The minimum absolute atomic E-state index is 0.00846. The molecule has 0 bridgehead atoms. The van der Waals surface area contributed by atoms with E-state index in [-0.39, 0.29) is 24.7 Å². The molecule has 7 atom stereocenters. The maximum absolute atomic E-state index is 12.7. The zero-order chi connectivity index (χ0) is 29.0. The van der Waals surface area contributed by atoms with E-state index >= 15 is 0 Å². The zero-order valence-electron chi connectivity index (χ0n) is 23.9. The lowest BCUT2D eigenvalue weighted by Crippen LogP contribution is -2.26. The predicted octanol–water partition coefficient (Wildman–Crippen LogP) is 5.66. The number of esters is 1. The molecule has 0 spiro atoms. The van der Waals surface area contributed by atoms with Gasteiger partial charge in [0.2, 0.25) is 0 Å². The molecule has 0 fully saturated rings. The van der Waals surface area contributed by atoms with Crippen molar-refractivity contribution in [2.45, 2.75) is 103 Å². The number of carbonyl (C=O) groups is 1. The monoisotopic (exact) mass is 542 g/mol. The average molecular weight is 543 g/mol. The van der Waals surface area contributed by atoms with E-state index in [1.54, 1.807) is 6.08 Å². The topological polar surface area (TPSA) is 107 Å². The molecule has 0 unspecified atom stereocenters. The summed E-state index contributed by atoms with van der Waals surface area (Å²) in [7, 11) is 0.